The summed E-state index contributed by atoms with van der Waals surface area (Å²) in [5.74, 6) is -0.320. The van der Waals surface area contributed by atoms with Gasteiger partial charge in [0.1, 0.15) is 16.9 Å². The van der Waals surface area contributed by atoms with E-state index in [1.165, 1.54) is 6.07 Å². The number of rotatable bonds is 3. The number of carbonyl (C=O) groups is 1. The van der Waals surface area contributed by atoms with Crippen molar-refractivity contribution in [2.45, 2.75) is 27.2 Å². The highest BCUT2D eigenvalue weighted by Crippen LogP contribution is 2.24. The standard InChI is InChI=1S/C15H15ClO4/c1-4-11-13(15(18)19-5-2)14(17)9-7-10(16)8(3)6-12(9)20-11/h6-7H,4-5H2,1-3H3. The summed E-state index contributed by atoms with van der Waals surface area (Å²) in [6, 6.07) is 3.23. The van der Waals surface area contributed by atoms with Crippen molar-refractivity contribution in [3.63, 3.8) is 0 Å². The molecular weight excluding hydrogens is 280 g/mol. The Morgan fingerprint density at radius 1 is 1.35 bits per heavy atom. The van der Waals surface area contributed by atoms with Crippen molar-refractivity contribution in [2.75, 3.05) is 6.61 Å². The van der Waals surface area contributed by atoms with Crippen molar-refractivity contribution in [3.8, 4) is 0 Å². The number of ether oxygens (including phenoxy) is 1. The molecule has 0 saturated carbocycles. The second kappa shape index (κ2) is 5.67. The Balaban J connectivity index is 2.81. The molecule has 1 aromatic heterocycles. The minimum atomic E-state index is -0.656. The fourth-order valence-corrected chi connectivity index (χ4v) is 2.18. The van der Waals surface area contributed by atoms with Gasteiger partial charge >= 0.3 is 5.97 Å². The second-order valence-corrected chi connectivity index (χ2v) is 4.81. The Morgan fingerprint density at radius 3 is 2.65 bits per heavy atom. The van der Waals surface area contributed by atoms with E-state index in [0.717, 1.165) is 5.56 Å². The summed E-state index contributed by atoms with van der Waals surface area (Å²) in [4.78, 5) is 24.4. The lowest BCUT2D eigenvalue weighted by Crippen LogP contribution is -2.20. The number of benzene rings is 1. The Kier molecular flexibility index (Phi) is 4.14. The predicted molar refractivity (Wildman–Crippen MR) is 77.6 cm³/mol. The van der Waals surface area contributed by atoms with Gasteiger partial charge in [-0.2, -0.15) is 0 Å². The van der Waals surface area contributed by atoms with Crippen LogP contribution in [0.1, 0.15) is 35.5 Å². The summed E-state index contributed by atoms with van der Waals surface area (Å²) in [5, 5.41) is 0.754. The molecule has 0 spiro atoms. The molecule has 1 aromatic carbocycles. The van der Waals surface area contributed by atoms with E-state index in [9.17, 15) is 9.59 Å². The zero-order valence-electron chi connectivity index (χ0n) is 11.6. The van der Waals surface area contributed by atoms with Crippen LogP contribution < -0.4 is 5.43 Å². The number of halogens is 1. The third-order valence-corrected chi connectivity index (χ3v) is 3.45. The van der Waals surface area contributed by atoms with E-state index in [2.05, 4.69) is 0 Å². The minimum absolute atomic E-state index is 0.0400. The molecule has 0 aliphatic rings. The van der Waals surface area contributed by atoms with Gasteiger partial charge in [0.15, 0.2) is 0 Å². The van der Waals surface area contributed by atoms with Crippen molar-refractivity contribution in [1.29, 1.82) is 0 Å². The molecule has 0 aliphatic heterocycles. The molecular formula is C15H15ClO4. The number of hydrogen-bond acceptors (Lipinski definition) is 4. The molecule has 106 valence electrons. The van der Waals surface area contributed by atoms with Gasteiger partial charge in [-0.25, -0.2) is 4.79 Å². The highest BCUT2D eigenvalue weighted by atomic mass is 35.5. The van der Waals surface area contributed by atoms with E-state index in [1.807, 2.05) is 13.8 Å². The zero-order valence-corrected chi connectivity index (χ0v) is 12.3. The van der Waals surface area contributed by atoms with Gasteiger partial charge < -0.3 is 9.15 Å². The predicted octanol–water partition coefficient (Wildman–Crippen LogP) is 3.49. The van der Waals surface area contributed by atoms with Crippen LogP contribution in [0, 0.1) is 6.92 Å². The number of aryl methyl sites for hydroxylation is 2. The highest BCUT2D eigenvalue weighted by Gasteiger charge is 2.21. The van der Waals surface area contributed by atoms with Crippen LogP contribution in [-0.4, -0.2) is 12.6 Å². The van der Waals surface area contributed by atoms with Crippen molar-refractivity contribution < 1.29 is 13.9 Å². The normalized spacial score (nSPS) is 10.8. The topological polar surface area (TPSA) is 56.5 Å². The number of carbonyl (C=O) groups excluding carboxylic acids is 1. The van der Waals surface area contributed by atoms with Crippen LogP contribution in [0.2, 0.25) is 5.02 Å². The molecule has 5 heteroatoms. The highest BCUT2D eigenvalue weighted by molar-refractivity contribution is 6.32. The molecule has 0 bridgehead atoms. The number of esters is 1. The van der Waals surface area contributed by atoms with Gasteiger partial charge in [-0.05, 0) is 31.5 Å². The molecule has 0 saturated heterocycles. The van der Waals surface area contributed by atoms with Crippen molar-refractivity contribution >= 4 is 28.5 Å². The first-order valence-corrected chi connectivity index (χ1v) is 6.80. The van der Waals surface area contributed by atoms with Gasteiger partial charge in [-0.15, -0.1) is 0 Å². The average Bonchev–Trinajstić information content (AvgIpc) is 2.41. The molecule has 0 fully saturated rings. The molecule has 0 atom stereocenters. The fraction of sp³-hybridized carbons (Fsp3) is 0.333. The molecule has 20 heavy (non-hydrogen) atoms. The summed E-state index contributed by atoms with van der Waals surface area (Å²) >= 11 is 6.03. The first-order chi connectivity index (χ1) is 9.49. The molecule has 0 unspecified atom stereocenters. The molecule has 2 aromatic rings. The Morgan fingerprint density at radius 2 is 2.05 bits per heavy atom. The average molecular weight is 295 g/mol. The van der Waals surface area contributed by atoms with Crippen LogP contribution in [0.4, 0.5) is 0 Å². The van der Waals surface area contributed by atoms with Gasteiger partial charge in [-0.3, -0.25) is 4.79 Å². The Hall–Kier alpha value is -1.81. The summed E-state index contributed by atoms with van der Waals surface area (Å²) < 4.78 is 10.6. The maximum Gasteiger partial charge on any atom is 0.345 e. The smallest absolute Gasteiger partial charge is 0.345 e. The monoisotopic (exact) mass is 294 g/mol. The lowest BCUT2D eigenvalue weighted by atomic mass is 10.1. The maximum absolute atomic E-state index is 12.5. The summed E-state index contributed by atoms with van der Waals surface area (Å²) in [7, 11) is 0. The van der Waals surface area contributed by atoms with Gasteiger partial charge in [0.05, 0.1) is 12.0 Å². The lowest BCUT2D eigenvalue weighted by Gasteiger charge is -2.09. The molecule has 0 N–H and O–H groups in total. The summed E-state index contributed by atoms with van der Waals surface area (Å²) in [5.41, 5.74) is 0.806. The molecule has 0 amide bonds. The van der Waals surface area contributed by atoms with Crippen LogP contribution in [-0.2, 0) is 11.2 Å². The summed E-state index contributed by atoms with van der Waals surface area (Å²) in [6.45, 7) is 5.53. The minimum Gasteiger partial charge on any atom is -0.462 e. The van der Waals surface area contributed by atoms with E-state index < -0.39 is 11.4 Å². The van der Waals surface area contributed by atoms with Gasteiger partial charge in [0, 0.05) is 11.4 Å². The SMILES string of the molecule is CCOC(=O)c1c(CC)oc2cc(C)c(Cl)cc2c1=O. The number of fused-ring (bicyclic) bond motifs is 1. The molecule has 4 nitrogen and oxygen atoms in total. The quantitative estimate of drug-likeness (QED) is 0.813. The lowest BCUT2D eigenvalue weighted by molar-refractivity contribution is 0.0520. The van der Waals surface area contributed by atoms with Crippen LogP contribution in [0.15, 0.2) is 21.3 Å². The van der Waals surface area contributed by atoms with Gasteiger partial charge in [-0.1, -0.05) is 18.5 Å². The zero-order chi connectivity index (χ0) is 14.9. The van der Waals surface area contributed by atoms with Crippen LogP contribution >= 0.6 is 11.6 Å². The third kappa shape index (κ3) is 2.43. The fourth-order valence-electron chi connectivity index (χ4n) is 2.02. The van der Waals surface area contributed by atoms with E-state index in [0.29, 0.717) is 28.2 Å². The molecule has 0 aliphatic carbocycles. The van der Waals surface area contributed by atoms with Crippen LogP contribution in [0.25, 0.3) is 11.0 Å². The van der Waals surface area contributed by atoms with Crippen LogP contribution in [0.5, 0.6) is 0 Å². The maximum atomic E-state index is 12.5. The van der Waals surface area contributed by atoms with Crippen molar-refractivity contribution in [3.05, 3.63) is 44.3 Å². The van der Waals surface area contributed by atoms with E-state index in [1.54, 1.807) is 13.0 Å². The molecule has 0 radical (unpaired) electrons. The van der Waals surface area contributed by atoms with E-state index in [-0.39, 0.29) is 12.2 Å². The van der Waals surface area contributed by atoms with Gasteiger partial charge in [0.25, 0.3) is 0 Å². The second-order valence-electron chi connectivity index (χ2n) is 4.40. The summed E-state index contributed by atoms with van der Waals surface area (Å²) in [6.07, 6.45) is 0.432. The van der Waals surface area contributed by atoms with Crippen LogP contribution in [0.3, 0.4) is 0 Å². The molecule has 2 rings (SSSR count). The van der Waals surface area contributed by atoms with E-state index >= 15 is 0 Å². The first-order valence-electron chi connectivity index (χ1n) is 6.42. The Labute approximate surface area is 121 Å². The Bertz CT molecular complexity index is 731. The molecule has 1 heterocycles. The van der Waals surface area contributed by atoms with Crippen molar-refractivity contribution in [1.82, 2.24) is 0 Å². The van der Waals surface area contributed by atoms with Gasteiger partial charge in [0.2, 0.25) is 5.43 Å². The number of hydrogen-bond donors (Lipinski definition) is 0. The van der Waals surface area contributed by atoms with Crippen molar-refractivity contribution in [2.24, 2.45) is 0 Å². The van der Waals surface area contributed by atoms with E-state index in [4.69, 9.17) is 20.8 Å². The third-order valence-electron chi connectivity index (χ3n) is 3.05. The largest absolute Gasteiger partial charge is 0.462 e. The first kappa shape index (κ1) is 14.6.